The van der Waals surface area contributed by atoms with E-state index in [1.54, 1.807) is 72.1 Å². The first-order chi connectivity index (χ1) is 25.9. The summed E-state index contributed by atoms with van der Waals surface area (Å²) >= 11 is 3.24. The summed E-state index contributed by atoms with van der Waals surface area (Å²) in [5.74, 6) is 2.89. The third kappa shape index (κ3) is 10.6. The van der Waals surface area contributed by atoms with Gasteiger partial charge in [0.05, 0.1) is 52.2 Å². The van der Waals surface area contributed by atoms with Crippen LogP contribution in [0.5, 0.6) is 23.0 Å². The molecule has 4 rings (SSSR count). The highest BCUT2D eigenvalue weighted by Gasteiger charge is 2.21. The molecular weight excluding hydrogens is 721 g/mol. The molecule has 0 aliphatic rings. The van der Waals surface area contributed by atoms with E-state index in [4.69, 9.17) is 23.7 Å². The summed E-state index contributed by atoms with van der Waals surface area (Å²) in [5.41, 5.74) is 4.94. The van der Waals surface area contributed by atoms with Crippen molar-refractivity contribution in [1.82, 2.24) is 0 Å². The molecule has 0 amide bonds. The molecule has 0 heterocycles. The lowest BCUT2D eigenvalue weighted by Crippen LogP contribution is -2.07. The van der Waals surface area contributed by atoms with E-state index in [9.17, 15) is 19.2 Å². The Hall–Kier alpha value is -5.74. The molecule has 0 saturated carbocycles. The zero-order valence-corrected chi connectivity index (χ0v) is 30.8. The first kappa shape index (κ1) is 40.0. The summed E-state index contributed by atoms with van der Waals surface area (Å²) in [4.78, 5) is 58.6. The Labute approximate surface area is 314 Å². The Morgan fingerprint density at radius 2 is 0.736 bits per heavy atom. The fourth-order valence-corrected chi connectivity index (χ4v) is 7.57. The summed E-state index contributed by atoms with van der Waals surface area (Å²) in [6, 6.07) is 21.5. The van der Waals surface area contributed by atoms with Crippen molar-refractivity contribution in [3.63, 3.8) is 0 Å². The van der Waals surface area contributed by atoms with Crippen LogP contribution in [0.25, 0.3) is 0 Å². The van der Waals surface area contributed by atoms with Crippen LogP contribution in [-0.4, -0.2) is 77.5 Å². The van der Waals surface area contributed by atoms with E-state index < -0.39 is 0 Å². The fourth-order valence-electron chi connectivity index (χ4n) is 5.32. The molecule has 0 unspecified atom stereocenters. The second kappa shape index (κ2) is 20.9. The number of thioether (sulfide) groups is 2. The lowest BCUT2D eigenvalue weighted by Gasteiger charge is -2.21. The van der Waals surface area contributed by atoms with Crippen LogP contribution >= 0.6 is 23.5 Å². The van der Waals surface area contributed by atoms with E-state index in [0.29, 0.717) is 70.5 Å². The zero-order chi connectivity index (χ0) is 38.0. The van der Waals surface area contributed by atoms with Gasteiger partial charge in [0.1, 0.15) is 45.7 Å². The van der Waals surface area contributed by atoms with E-state index in [1.807, 2.05) is 48.5 Å². The predicted octanol–water partition coefficient (Wildman–Crippen LogP) is 7.95. The van der Waals surface area contributed by atoms with Gasteiger partial charge in [-0.3, -0.25) is 0 Å². The van der Waals surface area contributed by atoms with Crippen molar-refractivity contribution in [2.24, 2.45) is 20.0 Å². The summed E-state index contributed by atoms with van der Waals surface area (Å²) < 4.78 is 28.0. The van der Waals surface area contributed by atoms with Crippen molar-refractivity contribution >= 4 is 70.6 Å². The minimum Gasteiger partial charge on any atom is -0.494 e. The van der Waals surface area contributed by atoms with Crippen molar-refractivity contribution < 1.29 is 42.9 Å². The molecule has 53 heavy (non-hydrogen) atoms. The SMILES string of the molecule is COc1cc(C(SCCOCCSC(c2ccc(N=C=O)c(OC)c2)c2ccc(N=C=O)c(OC)c2)c2ccc(N=C=O)c(OC)c2)ccc1N=C=O. The first-order valence-electron chi connectivity index (χ1n) is 15.8. The third-order valence-electron chi connectivity index (χ3n) is 7.71. The monoisotopic (exact) mass is 754 g/mol. The highest BCUT2D eigenvalue weighted by atomic mass is 32.2. The largest absolute Gasteiger partial charge is 0.494 e. The number of ether oxygens (including phenoxy) is 5. The van der Waals surface area contributed by atoms with Gasteiger partial charge < -0.3 is 23.7 Å². The molecule has 4 aromatic carbocycles. The summed E-state index contributed by atoms with van der Waals surface area (Å²) in [6.07, 6.45) is 6.20. The van der Waals surface area contributed by atoms with Gasteiger partial charge >= 0.3 is 0 Å². The second-order valence-corrected chi connectivity index (χ2v) is 13.1. The Morgan fingerprint density at radius 1 is 0.472 bits per heavy atom. The van der Waals surface area contributed by atoms with Gasteiger partial charge in [-0.25, -0.2) is 19.2 Å². The summed E-state index contributed by atoms with van der Waals surface area (Å²) in [7, 11) is 5.99. The number of carbonyl (C=O) groups excluding carboxylic acids is 4. The maximum atomic E-state index is 10.9. The summed E-state index contributed by atoms with van der Waals surface area (Å²) in [6.45, 7) is 0.861. The second-order valence-electron chi connectivity index (χ2n) is 10.7. The Balaban J connectivity index is 1.50. The molecule has 0 bridgehead atoms. The Morgan fingerprint density at radius 3 is 0.962 bits per heavy atom. The number of nitrogens with zero attached hydrogens (tertiary/aromatic N) is 4. The Bertz CT molecular complexity index is 1800. The van der Waals surface area contributed by atoms with Crippen LogP contribution in [0, 0.1) is 0 Å². The molecular formula is C38H34N4O9S2. The number of benzene rings is 4. The molecule has 13 nitrogen and oxygen atoms in total. The zero-order valence-electron chi connectivity index (χ0n) is 29.2. The smallest absolute Gasteiger partial charge is 0.240 e. The lowest BCUT2D eigenvalue weighted by molar-refractivity contribution is 0.167. The molecule has 0 spiro atoms. The van der Waals surface area contributed by atoms with Gasteiger partial charge in [0.15, 0.2) is 0 Å². The fraction of sp³-hybridized carbons (Fsp3) is 0.263. The third-order valence-corrected chi connectivity index (χ3v) is 10.3. The predicted molar refractivity (Wildman–Crippen MR) is 203 cm³/mol. The van der Waals surface area contributed by atoms with Crippen molar-refractivity contribution in [1.29, 1.82) is 0 Å². The van der Waals surface area contributed by atoms with Crippen LogP contribution in [0.3, 0.4) is 0 Å². The van der Waals surface area contributed by atoms with Crippen LogP contribution in [0.15, 0.2) is 92.8 Å². The van der Waals surface area contributed by atoms with Crippen LogP contribution in [0.1, 0.15) is 32.8 Å². The van der Waals surface area contributed by atoms with E-state index in [2.05, 4.69) is 20.0 Å². The van der Waals surface area contributed by atoms with Gasteiger partial charge in [-0.2, -0.15) is 20.0 Å². The first-order valence-corrected chi connectivity index (χ1v) is 17.9. The van der Waals surface area contributed by atoms with Crippen molar-refractivity contribution in [3.8, 4) is 23.0 Å². The minimum absolute atomic E-state index is 0.216. The molecule has 0 fully saturated rings. The quantitative estimate of drug-likeness (QED) is 0.0489. The van der Waals surface area contributed by atoms with Crippen LogP contribution in [0.2, 0.25) is 0 Å². The number of rotatable bonds is 20. The number of methoxy groups -OCH3 is 4. The van der Waals surface area contributed by atoms with Gasteiger partial charge in [-0.1, -0.05) is 24.3 Å². The number of aliphatic imine (C=N–C) groups is 4. The minimum atomic E-state index is -0.216. The molecule has 15 heteroatoms. The van der Waals surface area contributed by atoms with E-state index >= 15 is 0 Å². The van der Waals surface area contributed by atoms with E-state index in [-0.39, 0.29) is 10.5 Å². The van der Waals surface area contributed by atoms with Gasteiger partial charge in [-0.05, 0) is 70.8 Å². The maximum Gasteiger partial charge on any atom is 0.240 e. The average molecular weight is 755 g/mol. The van der Waals surface area contributed by atoms with E-state index in [1.165, 1.54) is 28.4 Å². The number of isocyanates is 4. The van der Waals surface area contributed by atoms with Gasteiger partial charge in [0, 0.05) is 11.5 Å². The molecule has 4 aromatic rings. The molecule has 0 aliphatic heterocycles. The molecule has 0 aliphatic carbocycles. The van der Waals surface area contributed by atoms with Gasteiger partial charge in [-0.15, -0.1) is 23.5 Å². The molecule has 272 valence electrons. The molecule has 0 N–H and O–H groups in total. The molecule has 0 radical (unpaired) electrons. The standard InChI is InChI=1S/C38H34N4O9S2/c1-47-33-17-25(5-9-29(33)39-21-43)37(26-6-10-30(40-22-44)34(18-26)48-2)52-15-13-51-14-16-53-38(27-7-11-31(41-23-45)35(19-27)49-3)28-8-12-32(42-24-46)36(20-28)50-4/h5-12,17-20,37-38H,13-16H2,1-4H3. The number of hydrogen-bond acceptors (Lipinski definition) is 15. The average Bonchev–Trinajstić information content (AvgIpc) is 3.18. The van der Waals surface area contributed by atoms with Crippen molar-refractivity contribution in [3.05, 3.63) is 95.1 Å². The van der Waals surface area contributed by atoms with Crippen molar-refractivity contribution in [2.45, 2.75) is 10.5 Å². The normalized spacial score (nSPS) is 11.4. The van der Waals surface area contributed by atoms with Crippen LogP contribution in [-0.2, 0) is 23.9 Å². The highest BCUT2D eigenvalue weighted by molar-refractivity contribution is 8.00. The van der Waals surface area contributed by atoms with E-state index in [0.717, 1.165) is 22.3 Å². The number of hydrogen-bond donors (Lipinski definition) is 0. The molecule has 0 saturated heterocycles. The van der Waals surface area contributed by atoms with Crippen LogP contribution in [0.4, 0.5) is 22.7 Å². The van der Waals surface area contributed by atoms with Crippen molar-refractivity contribution in [2.75, 3.05) is 53.2 Å². The summed E-state index contributed by atoms with van der Waals surface area (Å²) in [5, 5.41) is -0.432. The molecule has 0 atom stereocenters. The van der Waals surface area contributed by atoms with Gasteiger partial charge in [0.25, 0.3) is 0 Å². The lowest BCUT2D eigenvalue weighted by atomic mass is 10.0. The molecule has 0 aromatic heterocycles. The maximum absolute atomic E-state index is 10.9. The highest BCUT2D eigenvalue weighted by Crippen LogP contribution is 2.44. The van der Waals surface area contributed by atoms with Crippen LogP contribution < -0.4 is 18.9 Å². The van der Waals surface area contributed by atoms with Gasteiger partial charge in [0.2, 0.25) is 24.3 Å². The topological polar surface area (TPSA) is 164 Å². The Kier molecular flexibility index (Phi) is 15.8.